The molecule has 0 aliphatic rings. The molecule has 100 valence electrons. The van der Waals surface area contributed by atoms with Crippen molar-refractivity contribution in [1.29, 1.82) is 0 Å². The molecule has 1 rings (SSSR count). The van der Waals surface area contributed by atoms with Crippen LogP contribution in [0.25, 0.3) is 0 Å². The molecule has 0 aliphatic carbocycles. The molecule has 0 bridgehead atoms. The van der Waals surface area contributed by atoms with Gasteiger partial charge in [-0.25, -0.2) is 9.18 Å². The SMILES string of the molecule is CCC(CC)(CN)NC(=O)Nc1ccccc1F. The number of rotatable bonds is 5. The fourth-order valence-electron chi connectivity index (χ4n) is 1.72. The molecule has 1 aromatic carbocycles. The number of halogens is 1. The summed E-state index contributed by atoms with van der Waals surface area (Å²) in [5.41, 5.74) is 5.41. The van der Waals surface area contributed by atoms with Crippen LogP contribution in [0.4, 0.5) is 14.9 Å². The van der Waals surface area contributed by atoms with Crippen LogP contribution in [0.3, 0.4) is 0 Å². The minimum atomic E-state index is -0.459. The molecule has 18 heavy (non-hydrogen) atoms. The predicted molar refractivity (Wildman–Crippen MR) is 70.9 cm³/mol. The molecule has 0 saturated carbocycles. The van der Waals surface area contributed by atoms with Gasteiger partial charge < -0.3 is 16.4 Å². The van der Waals surface area contributed by atoms with Gasteiger partial charge in [0.2, 0.25) is 0 Å². The van der Waals surface area contributed by atoms with Gasteiger partial charge in [-0.15, -0.1) is 0 Å². The first kappa shape index (κ1) is 14.4. The highest BCUT2D eigenvalue weighted by molar-refractivity contribution is 5.89. The molecule has 0 aliphatic heterocycles. The Balaban J connectivity index is 2.70. The molecule has 4 N–H and O–H groups in total. The minimum Gasteiger partial charge on any atom is -0.331 e. The predicted octanol–water partition coefficient (Wildman–Crippen LogP) is 2.46. The van der Waals surface area contributed by atoms with E-state index in [-0.39, 0.29) is 5.69 Å². The van der Waals surface area contributed by atoms with Crippen LogP contribution in [0.1, 0.15) is 26.7 Å². The van der Waals surface area contributed by atoms with E-state index in [0.29, 0.717) is 6.54 Å². The summed E-state index contributed by atoms with van der Waals surface area (Å²) in [4.78, 5) is 11.8. The van der Waals surface area contributed by atoms with Crippen molar-refractivity contribution >= 4 is 11.7 Å². The molecule has 0 fully saturated rings. The number of anilines is 1. The summed E-state index contributed by atoms with van der Waals surface area (Å²) >= 11 is 0. The lowest BCUT2D eigenvalue weighted by Crippen LogP contribution is -2.54. The molecule has 0 saturated heterocycles. The Morgan fingerprint density at radius 1 is 1.33 bits per heavy atom. The van der Waals surface area contributed by atoms with Crippen molar-refractivity contribution in [2.75, 3.05) is 11.9 Å². The van der Waals surface area contributed by atoms with Gasteiger partial charge in [0.15, 0.2) is 0 Å². The number of para-hydroxylation sites is 1. The smallest absolute Gasteiger partial charge is 0.319 e. The van der Waals surface area contributed by atoms with Crippen LogP contribution >= 0.6 is 0 Å². The van der Waals surface area contributed by atoms with E-state index in [1.54, 1.807) is 12.1 Å². The van der Waals surface area contributed by atoms with Gasteiger partial charge in [0.05, 0.1) is 11.2 Å². The fourth-order valence-corrected chi connectivity index (χ4v) is 1.72. The summed E-state index contributed by atoms with van der Waals surface area (Å²) in [6, 6.07) is 5.60. The summed E-state index contributed by atoms with van der Waals surface area (Å²) < 4.78 is 13.4. The van der Waals surface area contributed by atoms with Crippen LogP contribution < -0.4 is 16.4 Å². The standard InChI is InChI=1S/C13H20FN3O/c1-3-13(4-2,9-15)17-12(18)16-11-8-6-5-7-10(11)14/h5-8H,3-4,9,15H2,1-2H3,(H2,16,17,18). The topological polar surface area (TPSA) is 67.1 Å². The number of hydrogen-bond acceptors (Lipinski definition) is 2. The van der Waals surface area contributed by atoms with Crippen molar-refractivity contribution in [3.63, 3.8) is 0 Å². The summed E-state index contributed by atoms with van der Waals surface area (Å²) in [5, 5.41) is 5.30. The third kappa shape index (κ3) is 3.43. The lowest BCUT2D eigenvalue weighted by molar-refractivity contribution is 0.233. The molecule has 2 amide bonds. The highest BCUT2D eigenvalue weighted by atomic mass is 19.1. The Hall–Kier alpha value is -1.62. The van der Waals surface area contributed by atoms with E-state index in [1.807, 2.05) is 13.8 Å². The average Bonchev–Trinajstić information content (AvgIpc) is 2.39. The van der Waals surface area contributed by atoms with Gasteiger partial charge in [-0.05, 0) is 25.0 Å². The van der Waals surface area contributed by atoms with Gasteiger partial charge in [-0.3, -0.25) is 0 Å². The maximum atomic E-state index is 13.4. The number of hydrogen-bond donors (Lipinski definition) is 3. The second kappa shape index (κ2) is 6.35. The van der Waals surface area contributed by atoms with Crippen molar-refractivity contribution < 1.29 is 9.18 Å². The summed E-state index contributed by atoms with van der Waals surface area (Å²) in [5.74, 6) is -0.459. The number of carbonyl (C=O) groups is 1. The zero-order valence-corrected chi connectivity index (χ0v) is 10.8. The first-order valence-electron chi connectivity index (χ1n) is 6.10. The summed E-state index contributed by atoms with van der Waals surface area (Å²) in [6.07, 6.45) is 1.45. The quantitative estimate of drug-likeness (QED) is 0.754. The van der Waals surface area contributed by atoms with E-state index in [9.17, 15) is 9.18 Å². The number of benzene rings is 1. The normalized spacial score (nSPS) is 11.1. The van der Waals surface area contributed by atoms with E-state index < -0.39 is 17.4 Å². The maximum Gasteiger partial charge on any atom is 0.319 e. The second-order valence-corrected chi connectivity index (χ2v) is 4.25. The van der Waals surface area contributed by atoms with Gasteiger partial charge in [-0.2, -0.15) is 0 Å². The zero-order valence-electron chi connectivity index (χ0n) is 10.8. The van der Waals surface area contributed by atoms with Crippen LogP contribution in [0.2, 0.25) is 0 Å². The maximum absolute atomic E-state index is 13.4. The highest BCUT2D eigenvalue weighted by Crippen LogP contribution is 2.15. The number of amides is 2. The van der Waals surface area contributed by atoms with E-state index in [1.165, 1.54) is 12.1 Å². The van der Waals surface area contributed by atoms with Gasteiger partial charge in [-0.1, -0.05) is 26.0 Å². The Kier molecular flexibility index (Phi) is 5.09. The average molecular weight is 253 g/mol. The van der Waals surface area contributed by atoms with Crippen molar-refractivity contribution in [3.05, 3.63) is 30.1 Å². The molecule has 0 aromatic heterocycles. The van der Waals surface area contributed by atoms with Crippen LogP contribution in [0.15, 0.2) is 24.3 Å². The Morgan fingerprint density at radius 3 is 2.44 bits per heavy atom. The number of nitrogens with one attached hydrogen (secondary N) is 2. The Bertz CT molecular complexity index is 397. The lowest BCUT2D eigenvalue weighted by Gasteiger charge is -2.31. The third-order valence-electron chi connectivity index (χ3n) is 3.25. The molecule has 0 spiro atoms. The third-order valence-corrected chi connectivity index (χ3v) is 3.25. The van der Waals surface area contributed by atoms with Crippen LogP contribution in [0, 0.1) is 5.82 Å². The Morgan fingerprint density at radius 2 is 1.94 bits per heavy atom. The minimum absolute atomic E-state index is 0.160. The van der Waals surface area contributed by atoms with Crippen molar-refractivity contribution in [2.45, 2.75) is 32.2 Å². The highest BCUT2D eigenvalue weighted by Gasteiger charge is 2.26. The van der Waals surface area contributed by atoms with Gasteiger partial charge in [0.1, 0.15) is 5.82 Å². The molecule has 0 radical (unpaired) electrons. The van der Waals surface area contributed by atoms with E-state index >= 15 is 0 Å². The monoisotopic (exact) mass is 253 g/mol. The van der Waals surface area contributed by atoms with Gasteiger partial charge >= 0.3 is 6.03 Å². The molecule has 1 aromatic rings. The zero-order chi connectivity index (χ0) is 13.6. The molecule has 0 unspecified atom stereocenters. The van der Waals surface area contributed by atoms with E-state index in [0.717, 1.165) is 12.8 Å². The Labute approximate surface area is 107 Å². The van der Waals surface area contributed by atoms with Crippen LogP contribution in [-0.4, -0.2) is 18.1 Å². The fraction of sp³-hybridized carbons (Fsp3) is 0.462. The lowest BCUT2D eigenvalue weighted by atomic mass is 9.93. The van der Waals surface area contributed by atoms with Gasteiger partial charge in [0.25, 0.3) is 0 Å². The molecular weight excluding hydrogens is 233 g/mol. The van der Waals surface area contributed by atoms with Crippen LogP contribution in [0.5, 0.6) is 0 Å². The summed E-state index contributed by atoms with van der Waals surface area (Å²) in [7, 11) is 0. The molecular formula is C13H20FN3O. The molecule has 0 heterocycles. The van der Waals surface area contributed by atoms with Crippen molar-refractivity contribution in [3.8, 4) is 0 Å². The first-order valence-corrected chi connectivity index (χ1v) is 6.10. The van der Waals surface area contributed by atoms with Gasteiger partial charge in [0, 0.05) is 6.54 Å². The number of urea groups is 1. The number of nitrogens with two attached hydrogens (primary N) is 1. The molecule has 0 atom stereocenters. The van der Waals surface area contributed by atoms with Crippen molar-refractivity contribution in [2.24, 2.45) is 5.73 Å². The molecule has 4 nitrogen and oxygen atoms in total. The first-order chi connectivity index (χ1) is 8.56. The van der Waals surface area contributed by atoms with E-state index in [4.69, 9.17) is 5.73 Å². The number of carbonyl (C=O) groups excluding carboxylic acids is 1. The van der Waals surface area contributed by atoms with E-state index in [2.05, 4.69) is 10.6 Å². The molecule has 5 heteroatoms. The van der Waals surface area contributed by atoms with Crippen LogP contribution in [-0.2, 0) is 0 Å². The van der Waals surface area contributed by atoms with Crippen molar-refractivity contribution in [1.82, 2.24) is 5.32 Å². The summed E-state index contributed by atoms with van der Waals surface area (Å²) in [6.45, 7) is 4.27. The largest absolute Gasteiger partial charge is 0.331 e. The second-order valence-electron chi connectivity index (χ2n) is 4.25.